The van der Waals surface area contributed by atoms with Gasteiger partial charge in [0.25, 0.3) is 10.0 Å². The van der Waals surface area contributed by atoms with Crippen LogP contribution >= 0.6 is 11.3 Å². The van der Waals surface area contributed by atoms with Gasteiger partial charge in [0.05, 0.1) is 0 Å². The normalized spacial score (nSPS) is 12.0. The van der Waals surface area contributed by atoms with Gasteiger partial charge in [-0.1, -0.05) is 6.07 Å². The summed E-state index contributed by atoms with van der Waals surface area (Å²) in [4.78, 5) is 0. The van der Waals surface area contributed by atoms with Crippen LogP contribution in [0.25, 0.3) is 0 Å². The number of hydrogen-bond donors (Lipinski definition) is 1. The number of rotatable bonds is 4. The molecule has 0 radical (unpaired) electrons. The molecule has 0 saturated heterocycles. The summed E-state index contributed by atoms with van der Waals surface area (Å²) in [6.07, 6.45) is 0. The Morgan fingerprint density at radius 3 is 2.50 bits per heavy atom. The van der Waals surface area contributed by atoms with E-state index in [1.807, 2.05) is 0 Å². The van der Waals surface area contributed by atoms with E-state index in [1.54, 1.807) is 0 Å². The summed E-state index contributed by atoms with van der Waals surface area (Å²) < 4.78 is 51.5. The molecular formula is C12H12F2N2O2S2. The third-order valence-electron chi connectivity index (χ3n) is 2.65. The zero-order chi connectivity index (χ0) is 14.9. The molecule has 0 aliphatic carbocycles. The van der Waals surface area contributed by atoms with E-state index in [0.717, 1.165) is 27.8 Å². The molecule has 0 atom stereocenters. The largest absolute Gasteiger partial charge is 0.398 e. The van der Waals surface area contributed by atoms with Crippen molar-refractivity contribution in [2.24, 2.45) is 0 Å². The van der Waals surface area contributed by atoms with E-state index < -0.39 is 21.7 Å². The zero-order valence-corrected chi connectivity index (χ0v) is 12.1. The highest BCUT2D eigenvalue weighted by molar-refractivity contribution is 7.91. The van der Waals surface area contributed by atoms with E-state index in [0.29, 0.717) is 11.3 Å². The van der Waals surface area contributed by atoms with Gasteiger partial charge in [-0.25, -0.2) is 17.2 Å². The molecule has 20 heavy (non-hydrogen) atoms. The first-order valence-electron chi connectivity index (χ1n) is 5.55. The molecule has 1 heterocycles. The minimum absolute atomic E-state index is 0.0582. The standard InChI is InChI=1S/C12H12F2N2O2S2/c1-16(6-8-2-3-10(13)11(14)4-8)20(17,18)12-5-9(15)7-19-12/h2-5,7H,6,15H2,1H3. The Bertz CT molecular complexity index is 729. The Kier molecular flexibility index (Phi) is 4.07. The summed E-state index contributed by atoms with van der Waals surface area (Å²) in [5, 5.41) is 1.53. The molecule has 1 aromatic heterocycles. The lowest BCUT2D eigenvalue weighted by atomic mass is 10.2. The smallest absolute Gasteiger partial charge is 0.252 e. The van der Waals surface area contributed by atoms with Crippen LogP contribution in [0.2, 0.25) is 0 Å². The molecule has 0 spiro atoms. The quantitative estimate of drug-likeness (QED) is 0.941. The molecule has 0 fully saturated rings. The molecule has 1 aromatic carbocycles. The van der Waals surface area contributed by atoms with Crippen LogP contribution in [0, 0.1) is 11.6 Å². The van der Waals surface area contributed by atoms with Gasteiger partial charge in [-0.15, -0.1) is 11.3 Å². The van der Waals surface area contributed by atoms with Crippen LogP contribution in [-0.4, -0.2) is 19.8 Å². The maximum Gasteiger partial charge on any atom is 0.252 e. The number of nitrogen functional groups attached to an aromatic ring is 1. The second kappa shape index (κ2) is 5.47. The molecule has 2 N–H and O–H groups in total. The Morgan fingerprint density at radius 2 is 1.95 bits per heavy atom. The molecule has 8 heteroatoms. The zero-order valence-electron chi connectivity index (χ0n) is 10.5. The van der Waals surface area contributed by atoms with Gasteiger partial charge >= 0.3 is 0 Å². The van der Waals surface area contributed by atoms with Crippen LogP contribution in [0.15, 0.2) is 33.9 Å². The van der Waals surface area contributed by atoms with Gasteiger partial charge in [0, 0.05) is 24.7 Å². The Morgan fingerprint density at radius 1 is 1.25 bits per heavy atom. The van der Waals surface area contributed by atoms with Crippen LogP contribution < -0.4 is 5.73 Å². The number of thiophene rings is 1. The molecule has 2 aromatic rings. The van der Waals surface area contributed by atoms with Crippen molar-refractivity contribution >= 4 is 27.0 Å². The van der Waals surface area contributed by atoms with Gasteiger partial charge in [0.2, 0.25) is 0 Å². The van der Waals surface area contributed by atoms with Crippen molar-refractivity contribution in [1.82, 2.24) is 4.31 Å². The van der Waals surface area contributed by atoms with Gasteiger partial charge < -0.3 is 5.73 Å². The SMILES string of the molecule is CN(Cc1ccc(F)c(F)c1)S(=O)(=O)c1cc(N)cs1. The second-order valence-electron chi connectivity index (χ2n) is 4.21. The van der Waals surface area contributed by atoms with E-state index in [9.17, 15) is 17.2 Å². The van der Waals surface area contributed by atoms with Gasteiger partial charge in [-0.05, 0) is 23.8 Å². The monoisotopic (exact) mass is 318 g/mol. The molecule has 0 aliphatic heterocycles. The van der Waals surface area contributed by atoms with E-state index >= 15 is 0 Å². The number of hydrogen-bond acceptors (Lipinski definition) is 4. The average Bonchev–Trinajstić information content (AvgIpc) is 2.81. The predicted molar refractivity (Wildman–Crippen MR) is 73.7 cm³/mol. The van der Waals surface area contributed by atoms with Crippen molar-refractivity contribution in [2.45, 2.75) is 10.8 Å². The lowest BCUT2D eigenvalue weighted by Crippen LogP contribution is -2.25. The molecule has 0 amide bonds. The fourth-order valence-corrected chi connectivity index (χ4v) is 4.05. The minimum Gasteiger partial charge on any atom is -0.398 e. The number of nitrogens with zero attached hydrogens (tertiary/aromatic N) is 1. The summed E-state index contributed by atoms with van der Waals surface area (Å²) in [6.45, 7) is -0.0582. The predicted octanol–water partition coefficient (Wildman–Crippen LogP) is 2.43. The van der Waals surface area contributed by atoms with Crippen LogP contribution in [0.3, 0.4) is 0 Å². The van der Waals surface area contributed by atoms with Crippen LogP contribution in [-0.2, 0) is 16.6 Å². The van der Waals surface area contributed by atoms with Crippen LogP contribution in [0.4, 0.5) is 14.5 Å². The van der Waals surface area contributed by atoms with Crippen molar-refractivity contribution in [3.63, 3.8) is 0 Å². The molecule has 2 rings (SSSR count). The number of anilines is 1. The summed E-state index contributed by atoms with van der Waals surface area (Å²) >= 11 is 1.01. The molecular weight excluding hydrogens is 306 g/mol. The lowest BCUT2D eigenvalue weighted by molar-refractivity contribution is 0.463. The molecule has 0 aliphatic rings. The summed E-state index contributed by atoms with van der Waals surface area (Å²) in [5.41, 5.74) is 6.23. The number of benzene rings is 1. The highest BCUT2D eigenvalue weighted by atomic mass is 32.2. The topological polar surface area (TPSA) is 63.4 Å². The van der Waals surface area contributed by atoms with Crippen molar-refractivity contribution in [2.75, 3.05) is 12.8 Å². The molecule has 0 unspecified atom stereocenters. The summed E-state index contributed by atoms with van der Waals surface area (Å²) in [5.74, 6) is -1.97. The van der Waals surface area contributed by atoms with E-state index in [4.69, 9.17) is 5.73 Å². The highest BCUT2D eigenvalue weighted by Gasteiger charge is 2.23. The van der Waals surface area contributed by atoms with Crippen molar-refractivity contribution < 1.29 is 17.2 Å². The third-order valence-corrected chi connectivity index (χ3v) is 5.89. The first kappa shape index (κ1) is 14.9. The molecule has 0 saturated carbocycles. The fourth-order valence-electron chi connectivity index (χ4n) is 1.60. The fraction of sp³-hybridized carbons (Fsp3) is 0.167. The Hall–Kier alpha value is -1.51. The highest BCUT2D eigenvalue weighted by Crippen LogP contribution is 2.25. The summed E-state index contributed by atoms with van der Waals surface area (Å²) in [7, 11) is -2.32. The first-order valence-corrected chi connectivity index (χ1v) is 7.87. The Balaban J connectivity index is 2.23. The van der Waals surface area contributed by atoms with E-state index in [-0.39, 0.29) is 10.8 Å². The number of sulfonamides is 1. The summed E-state index contributed by atoms with van der Waals surface area (Å²) in [6, 6.07) is 4.65. The minimum atomic E-state index is -3.68. The third kappa shape index (κ3) is 2.97. The average molecular weight is 318 g/mol. The van der Waals surface area contributed by atoms with Gasteiger partial charge in [-0.2, -0.15) is 4.31 Å². The molecule has 108 valence electrons. The van der Waals surface area contributed by atoms with Crippen LogP contribution in [0.1, 0.15) is 5.56 Å². The van der Waals surface area contributed by atoms with Crippen molar-refractivity contribution in [3.8, 4) is 0 Å². The van der Waals surface area contributed by atoms with Crippen molar-refractivity contribution in [3.05, 3.63) is 46.8 Å². The maximum absolute atomic E-state index is 13.1. The molecule has 0 bridgehead atoms. The number of nitrogens with two attached hydrogens (primary N) is 1. The second-order valence-corrected chi connectivity index (χ2v) is 7.39. The first-order chi connectivity index (χ1) is 9.30. The van der Waals surface area contributed by atoms with Gasteiger partial charge in [0.15, 0.2) is 11.6 Å². The number of halogens is 2. The van der Waals surface area contributed by atoms with Gasteiger partial charge in [0.1, 0.15) is 4.21 Å². The van der Waals surface area contributed by atoms with E-state index in [2.05, 4.69) is 0 Å². The molecule has 4 nitrogen and oxygen atoms in total. The van der Waals surface area contributed by atoms with E-state index in [1.165, 1.54) is 24.6 Å². The van der Waals surface area contributed by atoms with Crippen molar-refractivity contribution in [1.29, 1.82) is 0 Å². The lowest BCUT2D eigenvalue weighted by Gasteiger charge is -2.16. The van der Waals surface area contributed by atoms with Crippen LogP contribution in [0.5, 0.6) is 0 Å². The maximum atomic E-state index is 13.1. The van der Waals surface area contributed by atoms with Gasteiger partial charge in [-0.3, -0.25) is 0 Å². The Labute approximate surface area is 119 Å².